The zero-order valence-corrected chi connectivity index (χ0v) is 9.81. The van der Waals surface area contributed by atoms with Gasteiger partial charge < -0.3 is 0 Å². The van der Waals surface area contributed by atoms with Crippen LogP contribution in [-0.2, 0) is 12.6 Å². The summed E-state index contributed by atoms with van der Waals surface area (Å²) in [7, 11) is 0. The molecule has 0 rings (SSSR count). The molecule has 70 valence electrons. The molecule has 0 fully saturated rings. The highest BCUT2D eigenvalue weighted by Crippen LogP contribution is 2.26. The van der Waals surface area contributed by atoms with Crippen LogP contribution in [0.3, 0.4) is 0 Å². The Morgan fingerprint density at radius 1 is 1.33 bits per heavy atom. The molecule has 0 aliphatic heterocycles. The molecule has 0 amide bonds. The van der Waals surface area contributed by atoms with Crippen LogP contribution in [0.25, 0.3) is 0 Å². The lowest BCUT2D eigenvalue weighted by atomic mass is 9.82. The zero-order chi connectivity index (χ0) is 9.78. The average Bonchev–Trinajstić information content (AvgIpc) is 1.97. The summed E-state index contributed by atoms with van der Waals surface area (Å²) in [6.45, 7) is 11.0. The normalized spacial score (nSPS) is 17.0. The maximum absolute atomic E-state index is 3.50. The van der Waals surface area contributed by atoms with Crippen LogP contribution < -0.4 is 0 Å². The van der Waals surface area contributed by atoms with Crippen LogP contribution in [0.2, 0.25) is 0 Å². The molecular formula is C11H21S+. The quantitative estimate of drug-likeness (QED) is 0.458. The van der Waals surface area contributed by atoms with Crippen molar-refractivity contribution < 1.29 is 0 Å². The Hall–Kier alpha value is -0.170. The Balaban J connectivity index is 4.18. The van der Waals surface area contributed by atoms with Gasteiger partial charge >= 0.3 is 0 Å². The van der Waals surface area contributed by atoms with Gasteiger partial charge in [-0.15, -0.1) is 0 Å². The van der Waals surface area contributed by atoms with Crippen molar-refractivity contribution >= 4 is 12.6 Å². The number of hydrogen-bond acceptors (Lipinski definition) is 0. The fourth-order valence-corrected chi connectivity index (χ4v) is 0.729. The third kappa shape index (κ3) is 4.66. The summed E-state index contributed by atoms with van der Waals surface area (Å²) in [5, 5.41) is 0. The van der Waals surface area contributed by atoms with Gasteiger partial charge in [0.1, 0.15) is 4.91 Å². The smallest absolute Gasteiger partial charge is 0.0762 e. The monoisotopic (exact) mass is 185 g/mol. The third-order valence-corrected chi connectivity index (χ3v) is 2.70. The van der Waals surface area contributed by atoms with Crippen molar-refractivity contribution in [3.63, 3.8) is 0 Å². The highest BCUT2D eigenvalue weighted by Gasteiger charge is 2.16. The molecule has 1 atom stereocenters. The van der Waals surface area contributed by atoms with E-state index in [4.69, 9.17) is 0 Å². The van der Waals surface area contributed by atoms with E-state index in [0.717, 1.165) is 4.91 Å². The molecule has 0 saturated carbocycles. The van der Waals surface area contributed by atoms with Crippen molar-refractivity contribution in [1.29, 1.82) is 0 Å². The van der Waals surface area contributed by atoms with Crippen LogP contribution in [0.15, 0.2) is 23.1 Å². The number of hydrogen-bond donors (Lipinski definition) is 0. The van der Waals surface area contributed by atoms with Crippen LogP contribution in [-0.4, -0.2) is 0 Å². The number of allylic oxidation sites excluding steroid dienone is 3. The Morgan fingerprint density at radius 2 is 1.83 bits per heavy atom. The summed E-state index contributed by atoms with van der Waals surface area (Å²) >= 11 is 3.50. The van der Waals surface area contributed by atoms with Crippen molar-refractivity contribution in [3.8, 4) is 0 Å². The van der Waals surface area contributed by atoms with Crippen LogP contribution in [0.5, 0.6) is 0 Å². The van der Waals surface area contributed by atoms with Crippen molar-refractivity contribution in [1.82, 2.24) is 0 Å². The zero-order valence-electron chi connectivity index (χ0n) is 8.81. The Bertz CT molecular complexity index is 182. The Morgan fingerprint density at radius 3 is 2.17 bits per heavy atom. The summed E-state index contributed by atoms with van der Waals surface area (Å²) in [6.07, 6.45) is 6.40. The summed E-state index contributed by atoms with van der Waals surface area (Å²) in [4.78, 5) is 1.14. The van der Waals surface area contributed by atoms with E-state index >= 15 is 0 Å². The van der Waals surface area contributed by atoms with E-state index in [1.54, 1.807) is 0 Å². The van der Waals surface area contributed by atoms with Gasteiger partial charge in [-0.25, -0.2) is 0 Å². The lowest BCUT2D eigenvalue weighted by molar-refractivity contribution is 0.314. The lowest BCUT2D eigenvalue weighted by Crippen LogP contribution is -2.14. The fraction of sp³-hybridized carbons (Fsp3) is 0.636. The van der Waals surface area contributed by atoms with Gasteiger partial charge in [0.2, 0.25) is 0 Å². The summed E-state index contributed by atoms with van der Waals surface area (Å²) in [5.74, 6) is 0.601. The lowest BCUT2D eigenvalue weighted by Gasteiger charge is -2.23. The molecule has 0 radical (unpaired) electrons. The van der Waals surface area contributed by atoms with Crippen molar-refractivity contribution in [3.05, 3.63) is 23.1 Å². The maximum Gasteiger partial charge on any atom is 0.145 e. The SMILES string of the molecule is C/C=C([SH2+])\C=C/C(C)C(C)(C)C. The predicted octanol–water partition coefficient (Wildman–Crippen LogP) is 3.14. The first kappa shape index (κ1) is 11.8. The van der Waals surface area contributed by atoms with Gasteiger partial charge in [0.25, 0.3) is 0 Å². The highest BCUT2D eigenvalue weighted by molar-refractivity contribution is 7.63. The van der Waals surface area contributed by atoms with E-state index in [9.17, 15) is 0 Å². The minimum absolute atomic E-state index is 0.358. The maximum atomic E-state index is 3.50. The molecule has 0 nitrogen and oxygen atoms in total. The molecule has 0 aromatic rings. The average molecular weight is 185 g/mol. The third-order valence-electron chi connectivity index (χ3n) is 2.24. The first-order chi connectivity index (χ1) is 5.38. The second-order valence-electron chi connectivity index (χ2n) is 4.26. The number of rotatable bonds is 2. The predicted molar refractivity (Wildman–Crippen MR) is 61.7 cm³/mol. The second kappa shape index (κ2) is 4.76. The molecule has 1 unspecified atom stereocenters. The topological polar surface area (TPSA) is 0 Å². The minimum Gasteiger partial charge on any atom is -0.0762 e. The summed E-state index contributed by atoms with van der Waals surface area (Å²) in [6, 6.07) is 0. The largest absolute Gasteiger partial charge is 0.145 e. The van der Waals surface area contributed by atoms with E-state index in [2.05, 4.69) is 52.5 Å². The van der Waals surface area contributed by atoms with Crippen molar-refractivity contribution in [2.45, 2.75) is 34.6 Å². The van der Waals surface area contributed by atoms with Gasteiger partial charge in [0, 0.05) is 0 Å². The molecule has 0 bridgehead atoms. The van der Waals surface area contributed by atoms with E-state index in [1.165, 1.54) is 0 Å². The molecular weight excluding hydrogens is 164 g/mol. The van der Waals surface area contributed by atoms with E-state index in [1.807, 2.05) is 13.0 Å². The van der Waals surface area contributed by atoms with Gasteiger partial charge in [0.05, 0.1) is 0 Å². The van der Waals surface area contributed by atoms with E-state index in [-0.39, 0.29) is 0 Å². The highest BCUT2D eigenvalue weighted by atomic mass is 32.1. The van der Waals surface area contributed by atoms with Gasteiger partial charge in [-0.3, -0.25) is 0 Å². The van der Waals surface area contributed by atoms with Crippen molar-refractivity contribution in [2.75, 3.05) is 0 Å². The molecule has 12 heavy (non-hydrogen) atoms. The summed E-state index contributed by atoms with van der Waals surface area (Å²) < 4.78 is 0. The van der Waals surface area contributed by atoms with Crippen LogP contribution in [0.4, 0.5) is 0 Å². The summed E-state index contributed by atoms with van der Waals surface area (Å²) in [5.41, 5.74) is 0.358. The molecule has 0 spiro atoms. The molecule has 0 saturated heterocycles. The van der Waals surface area contributed by atoms with Gasteiger partial charge in [-0.1, -0.05) is 33.8 Å². The van der Waals surface area contributed by atoms with Gasteiger partial charge in [-0.05, 0) is 43.0 Å². The fourth-order valence-electron chi connectivity index (χ4n) is 0.633. The van der Waals surface area contributed by atoms with Crippen LogP contribution in [0, 0.1) is 11.3 Å². The van der Waals surface area contributed by atoms with Crippen LogP contribution >= 0.6 is 0 Å². The molecule has 0 heterocycles. The van der Waals surface area contributed by atoms with Crippen LogP contribution in [0.1, 0.15) is 34.6 Å². The Kier molecular flexibility index (Phi) is 4.69. The first-order valence-electron chi connectivity index (χ1n) is 4.44. The van der Waals surface area contributed by atoms with E-state index in [0.29, 0.717) is 11.3 Å². The first-order valence-corrected chi connectivity index (χ1v) is 4.94. The molecule has 0 aromatic heterocycles. The Labute approximate surface area is 82.2 Å². The molecule has 0 N–H and O–H groups in total. The minimum atomic E-state index is 0.358. The molecule has 0 aliphatic rings. The van der Waals surface area contributed by atoms with Gasteiger partial charge in [0.15, 0.2) is 0 Å². The molecule has 0 aromatic carbocycles. The van der Waals surface area contributed by atoms with Gasteiger partial charge in [-0.2, -0.15) is 0 Å². The standard InChI is InChI=1S/C11H20S/c1-6-10(12)8-7-9(2)11(3,4)5/h6-9,12H,1-5H3/p+1/b8-7-,10-6+. The van der Waals surface area contributed by atoms with E-state index < -0.39 is 0 Å². The molecule has 0 aliphatic carbocycles. The second-order valence-corrected chi connectivity index (χ2v) is 4.84. The van der Waals surface area contributed by atoms with Crippen molar-refractivity contribution in [2.24, 2.45) is 11.3 Å². The molecule has 1 heteroatoms.